The largest absolute Gasteiger partial charge is 0.375 e. The number of carbonyl (C=O) groups excluding carboxylic acids is 3. The molecular formula is C33H36Cl2N8O5S2. The van der Waals surface area contributed by atoms with E-state index in [1.165, 1.54) is 11.3 Å². The minimum atomic E-state index is -3.48. The molecule has 4 amide bonds. The van der Waals surface area contributed by atoms with Crippen LogP contribution in [-0.2, 0) is 39.1 Å². The van der Waals surface area contributed by atoms with E-state index in [-0.39, 0.29) is 44.4 Å². The number of amides is 4. The Morgan fingerprint density at radius 2 is 1.82 bits per heavy atom. The Morgan fingerprint density at radius 1 is 1.08 bits per heavy atom. The van der Waals surface area contributed by atoms with Crippen LogP contribution < -0.4 is 15.8 Å². The second-order valence-electron chi connectivity index (χ2n) is 12.2. The number of halogens is 2. The maximum absolute atomic E-state index is 14.3. The smallest absolute Gasteiger partial charge is 0.332 e. The number of thiazole rings is 1. The number of nitrogen functional groups attached to an aromatic ring is 1. The van der Waals surface area contributed by atoms with Gasteiger partial charge in [0, 0.05) is 31.7 Å². The van der Waals surface area contributed by atoms with Crippen molar-refractivity contribution in [3.05, 3.63) is 87.4 Å². The normalized spacial score (nSPS) is 18.1. The summed E-state index contributed by atoms with van der Waals surface area (Å²) in [5.41, 5.74) is 9.42. The fourth-order valence-electron chi connectivity index (χ4n) is 6.37. The van der Waals surface area contributed by atoms with Crippen LogP contribution in [0, 0.1) is 0 Å². The molecule has 2 aliphatic heterocycles. The van der Waals surface area contributed by atoms with Gasteiger partial charge in [-0.1, -0.05) is 71.8 Å². The molecule has 4 N–H and O–H groups in total. The molecule has 0 unspecified atom stereocenters. The highest BCUT2D eigenvalue weighted by Crippen LogP contribution is 2.33. The molecule has 0 radical (unpaired) electrons. The SMILES string of the molecule is CCCN(C(=O)NCc1ccc(Cl)c(Cl)c1)N1CC(=O)N2[C@@H](Cc3ccc(NS(C)(=O)=O)cc3)C(=O)N(Cc3cccc4sc(N)nc34)C[C@@H]21. The number of fused-ring (bicyclic) bond motifs is 2. The fourth-order valence-corrected chi connectivity index (χ4v) is 8.04. The van der Waals surface area contributed by atoms with E-state index in [1.54, 1.807) is 62.3 Å². The van der Waals surface area contributed by atoms with Crippen molar-refractivity contribution in [1.82, 2.24) is 30.1 Å². The van der Waals surface area contributed by atoms with E-state index in [9.17, 15) is 22.8 Å². The van der Waals surface area contributed by atoms with Crippen molar-refractivity contribution in [2.75, 3.05) is 36.3 Å². The summed E-state index contributed by atoms with van der Waals surface area (Å²) in [6, 6.07) is 16.2. The summed E-state index contributed by atoms with van der Waals surface area (Å²) in [5.74, 6) is -0.530. The standard InChI is InChI=1S/C33H36Cl2N8O5S2/c1-3-13-41(33(46)37-16-21-9-12-24(34)25(35)14-21)42-19-29(44)43-26(15-20-7-10-23(11-8-20)39-50(2,47)48)31(45)40(18-28(42)43)17-22-5-4-6-27-30(22)38-32(36)49-27/h4-12,14,26,28,39H,3,13,15-19H2,1-2H3,(H2,36,38)(H,37,46)/t26-,28+/m0/s1. The first-order chi connectivity index (χ1) is 23.8. The van der Waals surface area contributed by atoms with Crippen LogP contribution in [0.25, 0.3) is 10.2 Å². The van der Waals surface area contributed by atoms with Crippen LogP contribution in [0.1, 0.15) is 30.0 Å². The summed E-state index contributed by atoms with van der Waals surface area (Å²) in [6.07, 6.45) is 1.22. The average Bonchev–Trinajstić information content (AvgIpc) is 3.61. The Labute approximate surface area is 303 Å². The molecule has 264 valence electrons. The van der Waals surface area contributed by atoms with Crippen LogP contribution in [0.15, 0.2) is 60.7 Å². The summed E-state index contributed by atoms with van der Waals surface area (Å²) in [6.45, 7) is 2.72. The van der Waals surface area contributed by atoms with E-state index in [4.69, 9.17) is 28.9 Å². The van der Waals surface area contributed by atoms with Crippen LogP contribution in [-0.4, -0.2) is 89.2 Å². The van der Waals surface area contributed by atoms with Crippen LogP contribution in [0.4, 0.5) is 15.6 Å². The monoisotopic (exact) mass is 758 g/mol. The Bertz CT molecular complexity index is 2050. The molecule has 50 heavy (non-hydrogen) atoms. The van der Waals surface area contributed by atoms with Gasteiger partial charge in [-0.05, 0) is 53.4 Å². The first-order valence-corrected chi connectivity index (χ1v) is 19.3. The maximum Gasteiger partial charge on any atom is 0.332 e. The van der Waals surface area contributed by atoms with E-state index in [0.29, 0.717) is 39.3 Å². The van der Waals surface area contributed by atoms with Crippen molar-refractivity contribution < 1.29 is 22.8 Å². The number of benzene rings is 3. The Morgan fingerprint density at radius 3 is 2.52 bits per heavy atom. The molecular weight excluding hydrogens is 723 g/mol. The Balaban J connectivity index is 1.30. The first kappa shape index (κ1) is 35.7. The van der Waals surface area contributed by atoms with Crippen molar-refractivity contribution in [1.29, 1.82) is 0 Å². The van der Waals surface area contributed by atoms with E-state index >= 15 is 0 Å². The number of piperazine rings is 1. The van der Waals surface area contributed by atoms with Gasteiger partial charge in [0.2, 0.25) is 21.8 Å². The van der Waals surface area contributed by atoms with Gasteiger partial charge in [-0.25, -0.2) is 18.2 Å². The third-order valence-corrected chi connectivity index (χ3v) is 10.7. The predicted octanol–water partition coefficient (Wildman–Crippen LogP) is 4.52. The molecule has 2 fully saturated rings. The number of anilines is 2. The minimum Gasteiger partial charge on any atom is -0.375 e. The summed E-state index contributed by atoms with van der Waals surface area (Å²) >= 11 is 13.6. The van der Waals surface area contributed by atoms with Crippen molar-refractivity contribution in [2.45, 2.75) is 45.1 Å². The quantitative estimate of drug-likeness (QED) is 0.201. The molecule has 17 heteroatoms. The van der Waals surface area contributed by atoms with Gasteiger partial charge >= 0.3 is 6.03 Å². The third-order valence-electron chi connectivity index (χ3n) is 8.54. The summed E-state index contributed by atoms with van der Waals surface area (Å²) in [4.78, 5) is 49.7. The van der Waals surface area contributed by atoms with Gasteiger partial charge in [0.25, 0.3) is 0 Å². The second kappa shape index (κ2) is 14.6. The van der Waals surface area contributed by atoms with Gasteiger partial charge in [-0.15, -0.1) is 0 Å². The van der Waals surface area contributed by atoms with E-state index in [2.05, 4.69) is 15.0 Å². The number of rotatable bonds is 11. The second-order valence-corrected chi connectivity index (χ2v) is 15.9. The molecule has 4 aromatic rings. The minimum absolute atomic E-state index is 0.0993. The van der Waals surface area contributed by atoms with Crippen LogP contribution in [0.2, 0.25) is 10.0 Å². The molecule has 13 nitrogen and oxygen atoms in total. The number of sulfonamides is 1. The van der Waals surface area contributed by atoms with Crippen LogP contribution in [0.5, 0.6) is 0 Å². The highest BCUT2D eigenvalue weighted by Gasteiger charge is 2.52. The van der Waals surface area contributed by atoms with Crippen molar-refractivity contribution >= 4 is 83.4 Å². The van der Waals surface area contributed by atoms with Crippen LogP contribution in [0.3, 0.4) is 0 Å². The summed E-state index contributed by atoms with van der Waals surface area (Å²) < 4.78 is 26.8. The zero-order valence-electron chi connectivity index (χ0n) is 27.3. The number of nitrogens with zero attached hydrogens (tertiary/aromatic N) is 5. The molecule has 0 aliphatic carbocycles. The number of para-hydroxylation sites is 1. The number of hydrogen-bond donors (Lipinski definition) is 3. The lowest BCUT2D eigenvalue weighted by Gasteiger charge is -2.46. The lowest BCUT2D eigenvalue weighted by Crippen LogP contribution is -2.66. The highest BCUT2D eigenvalue weighted by molar-refractivity contribution is 7.92. The van der Waals surface area contributed by atoms with E-state index < -0.39 is 28.3 Å². The van der Waals surface area contributed by atoms with Gasteiger partial charge in [0.15, 0.2) is 5.13 Å². The van der Waals surface area contributed by atoms with Crippen molar-refractivity contribution in [3.8, 4) is 0 Å². The zero-order chi connectivity index (χ0) is 35.7. The van der Waals surface area contributed by atoms with E-state index in [0.717, 1.165) is 27.6 Å². The molecule has 0 spiro atoms. The lowest BCUT2D eigenvalue weighted by atomic mass is 9.99. The highest BCUT2D eigenvalue weighted by atomic mass is 35.5. The van der Waals surface area contributed by atoms with Gasteiger partial charge in [-0.3, -0.25) is 19.3 Å². The van der Waals surface area contributed by atoms with Gasteiger partial charge < -0.3 is 20.9 Å². The van der Waals surface area contributed by atoms with Gasteiger partial charge in [0.1, 0.15) is 12.2 Å². The zero-order valence-corrected chi connectivity index (χ0v) is 30.4. The number of hydrazine groups is 1. The van der Waals surface area contributed by atoms with E-state index in [1.807, 2.05) is 25.1 Å². The van der Waals surface area contributed by atoms with Crippen LogP contribution >= 0.6 is 34.5 Å². The van der Waals surface area contributed by atoms with Gasteiger partial charge in [0.05, 0.1) is 39.6 Å². The third kappa shape index (κ3) is 7.76. The molecule has 2 saturated heterocycles. The molecule has 2 atom stereocenters. The fraction of sp³-hybridized carbons (Fsp3) is 0.333. The molecule has 3 heterocycles. The number of nitrogens with two attached hydrogens (primary N) is 1. The Kier molecular flexibility index (Phi) is 10.4. The first-order valence-electron chi connectivity index (χ1n) is 15.9. The van der Waals surface area contributed by atoms with Gasteiger partial charge in [-0.2, -0.15) is 5.01 Å². The Hall–Kier alpha value is -4.15. The molecule has 2 aliphatic rings. The topological polar surface area (TPSA) is 161 Å². The molecule has 3 aromatic carbocycles. The lowest BCUT2D eigenvalue weighted by molar-refractivity contribution is -0.157. The number of urea groups is 1. The molecule has 0 saturated carbocycles. The maximum atomic E-state index is 14.3. The van der Waals surface area contributed by atoms with Crippen molar-refractivity contribution in [2.24, 2.45) is 0 Å². The number of aromatic nitrogens is 1. The molecule has 0 bridgehead atoms. The molecule has 1 aromatic heterocycles. The predicted molar refractivity (Wildman–Crippen MR) is 195 cm³/mol. The molecule has 6 rings (SSSR count). The number of hydrogen-bond acceptors (Lipinski definition) is 9. The summed E-state index contributed by atoms with van der Waals surface area (Å²) in [5, 5.41) is 7.42. The summed E-state index contributed by atoms with van der Waals surface area (Å²) in [7, 11) is -3.48. The average molecular weight is 760 g/mol. The van der Waals surface area contributed by atoms with Crippen molar-refractivity contribution in [3.63, 3.8) is 0 Å². The number of carbonyl (C=O) groups is 3. The number of nitrogens with one attached hydrogen (secondary N) is 2.